The number of aromatic nitrogens is 2. The molecule has 0 bridgehead atoms. The van der Waals surface area contributed by atoms with Gasteiger partial charge < -0.3 is 30.7 Å². The Morgan fingerprint density at radius 3 is 2.42 bits per heavy atom. The molecule has 2 aliphatic rings. The van der Waals surface area contributed by atoms with E-state index in [1.165, 1.54) is 13.8 Å². The monoisotopic (exact) mass is 517 g/mol. The van der Waals surface area contributed by atoms with Crippen molar-refractivity contribution in [2.75, 3.05) is 63.6 Å². The van der Waals surface area contributed by atoms with Gasteiger partial charge in [-0.15, -0.1) is 0 Å². The van der Waals surface area contributed by atoms with Crippen LogP contribution in [0.4, 0.5) is 17.2 Å². The van der Waals surface area contributed by atoms with Crippen LogP contribution in [0.25, 0.3) is 0 Å². The number of anilines is 3. The summed E-state index contributed by atoms with van der Waals surface area (Å²) in [7, 11) is 3.83. The lowest BCUT2D eigenvalue weighted by Crippen LogP contribution is -2.52. The molecule has 11 heteroatoms. The van der Waals surface area contributed by atoms with Crippen molar-refractivity contribution in [2.24, 2.45) is 5.73 Å². The van der Waals surface area contributed by atoms with Crippen molar-refractivity contribution in [3.8, 4) is 5.75 Å². The molecule has 0 aliphatic carbocycles. The normalized spacial score (nSPS) is 18.3. The summed E-state index contributed by atoms with van der Waals surface area (Å²) in [5.74, 6) is 0.0492. The van der Waals surface area contributed by atoms with Gasteiger partial charge >= 0.3 is 0 Å². The molecule has 4 N–H and O–H groups in total. The lowest BCUT2D eigenvalue weighted by molar-refractivity contribution is 0.0732. The third-order valence-corrected chi connectivity index (χ3v) is 7.23. The van der Waals surface area contributed by atoms with Crippen molar-refractivity contribution < 1.29 is 14.6 Å². The third-order valence-electron chi connectivity index (χ3n) is 6.97. The molecule has 196 valence electrons. The van der Waals surface area contributed by atoms with Gasteiger partial charge in [0.15, 0.2) is 16.7 Å². The van der Waals surface area contributed by atoms with E-state index in [2.05, 4.69) is 37.0 Å². The number of hydrogen-bond donors (Lipinski definition) is 3. The minimum Gasteiger partial charge on any atom is -0.495 e. The van der Waals surface area contributed by atoms with E-state index < -0.39 is 11.5 Å². The second-order valence-electron chi connectivity index (χ2n) is 10.1. The Hall–Kier alpha value is -2.66. The van der Waals surface area contributed by atoms with E-state index in [0.29, 0.717) is 17.5 Å². The molecule has 2 fully saturated rings. The number of aliphatic hydroxyl groups is 1. The topological polar surface area (TPSA) is 120 Å². The number of halogens is 1. The lowest BCUT2D eigenvalue weighted by atomic mass is 10.0. The summed E-state index contributed by atoms with van der Waals surface area (Å²) in [5.41, 5.74) is 5.80. The van der Waals surface area contributed by atoms with E-state index >= 15 is 0 Å². The second kappa shape index (κ2) is 10.8. The van der Waals surface area contributed by atoms with E-state index in [9.17, 15) is 9.90 Å². The maximum absolute atomic E-state index is 12.1. The predicted molar refractivity (Wildman–Crippen MR) is 141 cm³/mol. The molecule has 1 aromatic heterocycles. The number of primary amides is 1. The Morgan fingerprint density at radius 1 is 1.17 bits per heavy atom. The first kappa shape index (κ1) is 26.4. The van der Waals surface area contributed by atoms with Gasteiger partial charge in [0.05, 0.1) is 12.8 Å². The van der Waals surface area contributed by atoms with Crippen LogP contribution in [0.1, 0.15) is 42.9 Å². The van der Waals surface area contributed by atoms with E-state index in [4.69, 9.17) is 22.1 Å². The molecule has 2 aliphatic heterocycles. The molecule has 0 radical (unpaired) electrons. The molecular formula is C25H36ClN7O3. The highest BCUT2D eigenvalue weighted by molar-refractivity contribution is 6.30. The molecule has 2 saturated heterocycles. The smallest absolute Gasteiger partial charge is 0.271 e. The number of nitrogens with one attached hydrogen (secondary N) is 1. The highest BCUT2D eigenvalue weighted by Crippen LogP contribution is 2.35. The van der Waals surface area contributed by atoms with Crippen LogP contribution in [0.2, 0.25) is 5.15 Å². The van der Waals surface area contributed by atoms with E-state index in [-0.39, 0.29) is 22.4 Å². The minimum atomic E-state index is -1.38. The summed E-state index contributed by atoms with van der Waals surface area (Å²) >= 11 is 6.25. The standard InChI is InChI=1S/C25H36ClN7O3/c1-25(2,35)21-22(26)30-24(20(29-21)23(27)34)28-16-5-6-18(19(15-16)36-4)33-9-7-17(8-10-33)32-13-11-31(3)12-14-32/h5-6,15,17,35H,7-14H2,1-4H3,(H2,27,34)(H,28,30). The molecule has 0 unspecified atom stereocenters. The number of piperidine rings is 1. The molecule has 36 heavy (non-hydrogen) atoms. The van der Waals surface area contributed by atoms with Gasteiger partial charge in [-0.1, -0.05) is 11.6 Å². The first-order chi connectivity index (χ1) is 17.1. The number of carbonyl (C=O) groups is 1. The van der Waals surface area contributed by atoms with Crippen LogP contribution in [0.3, 0.4) is 0 Å². The number of piperazine rings is 1. The molecule has 2 aromatic rings. The maximum Gasteiger partial charge on any atom is 0.271 e. The van der Waals surface area contributed by atoms with Crippen LogP contribution in [-0.4, -0.2) is 90.2 Å². The summed E-state index contributed by atoms with van der Waals surface area (Å²) in [6.07, 6.45) is 2.24. The van der Waals surface area contributed by atoms with E-state index in [0.717, 1.165) is 57.8 Å². The fraction of sp³-hybridized carbons (Fsp3) is 0.560. The largest absolute Gasteiger partial charge is 0.495 e. The molecule has 0 atom stereocenters. The predicted octanol–water partition coefficient (Wildman–Crippen LogP) is 2.42. The Labute approximate surface area is 217 Å². The van der Waals surface area contributed by atoms with E-state index in [1.807, 2.05) is 18.2 Å². The number of carbonyl (C=O) groups excluding carboxylic acids is 1. The summed E-state index contributed by atoms with van der Waals surface area (Å²) in [6, 6.07) is 6.38. The fourth-order valence-electron chi connectivity index (χ4n) is 4.88. The maximum atomic E-state index is 12.1. The summed E-state index contributed by atoms with van der Waals surface area (Å²) in [5, 5.41) is 13.4. The van der Waals surface area contributed by atoms with Crippen LogP contribution in [0.15, 0.2) is 18.2 Å². The number of methoxy groups -OCH3 is 1. The second-order valence-corrected chi connectivity index (χ2v) is 10.4. The Morgan fingerprint density at radius 2 is 1.83 bits per heavy atom. The molecule has 0 saturated carbocycles. The molecule has 0 spiro atoms. The summed E-state index contributed by atoms with van der Waals surface area (Å²) < 4.78 is 5.71. The highest BCUT2D eigenvalue weighted by Gasteiger charge is 2.29. The first-order valence-electron chi connectivity index (χ1n) is 12.3. The van der Waals surface area contributed by atoms with Gasteiger partial charge in [-0.05, 0) is 45.9 Å². The van der Waals surface area contributed by atoms with Crippen LogP contribution in [0, 0.1) is 0 Å². The number of hydrogen-bond acceptors (Lipinski definition) is 9. The Bertz CT molecular complexity index is 1090. The van der Waals surface area contributed by atoms with Gasteiger partial charge in [-0.25, -0.2) is 9.97 Å². The third kappa shape index (κ3) is 5.83. The minimum absolute atomic E-state index is 0.0122. The fourth-order valence-corrected chi connectivity index (χ4v) is 5.23. The van der Waals surface area contributed by atoms with Gasteiger partial charge in [0.1, 0.15) is 17.0 Å². The summed E-state index contributed by atoms with van der Waals surface area (Å²) in [6.45, 7) is 9.50. The number of ether oxygens (including phenoxy) is 1. The van der Waals surface area contributed by atoms with Crippen molar-refractivity contribution in [1.29, 1.82) is 0 Å². The zero-order valence-corrected chi connectivity index (χ0v) is 22.2. The van der Waals surface area contributed by atoms with Crippen molar-refractivity contribution in [3.63, 3.8) is 0 Å². The lowest BCUT2D eigenvalue weighted by Gasteiger charge is -2.42. The van der Waals surface area contributed by atoms with Gasteiger partial charge in [-0.3, -0.25) is 9.69 Å². The van der Waals surface area contributed by atoms with Crippen molar-refractivity contribution in [1.82, 2.24) is 19.8 Å². The molecule has 1 amide bonds. The summed E-state index contributed by atoms with van der Waals surface area (Å²) in [4.78, 5) is 27.9. The van der Waals surface area contributed by atoms with Crippen LogP contribution < -0.4 is 20.7 Å². The Kier molecular flexibility index (Phi) is 7.89. The molecule has 10 nitrogen and oxygen atoms in total. The zero-order chi connectivity index (χ0) is 26.0. The molecule has 4 rings (SSSR count). The number of amides is 1. The number of nitrogens with zero attached hydrogens (tertiary/aromatic N) is 5. The number of nitrogens with two attached hydrogens (primary N) is 1. The molecule has 1 aromatic carbocycles. The highest BCUT2D eigenvalue weighted by atomic mass is 35.5. The van der Waals surface area contributed by atoms with Crippen LogP contribution in [-0.2, 0) is 5.60 Å². The van der Waals surface area contributed by atoms with Crippen molar-refractivity contribution in [3.05, 3.63) is 34.7 Å². The van der Waals surface area contributed by atoms with Gasteiger partial charge in [0.25, 0.3) is 5.91 Å². The van der Waals surface area contributed by atoms with Gasteiger partial charge in [-0.2, -0.15) is 0 Å². The Balaban J connectivity index is 1.49. The zero-order valence-electron chi connectivity index (χ0n) is 21.4. The SMILES string of the molecule is COc1cc(Nc2nc(Cl)c(C(C)(C)O)nc2C(N)=O)ccc1N1CCC(N2CCN(C)CC2)CC1. The van der Waals surface area contributed by atoms with Gasteiger partial charge in [0, 0.05) is 57.1 Å². The number of rotatable bonds is 7. The van der Waals surface area contributed by atoms with E-state index in [1.54, 1.807) is 7.11 Å². The van der Waals surface area contributed by atoms with Crippen LogP contribution in [0.5, 0.6) is 5.75 Å². The number of likely N-dealkylation sites (N-methyl/N-ethyl adjacent to an activating group) is 1. The average molecular weight is 518 g/mol. The molecule has 3 heterocycles. The van der Waals surface area contributed by atoms with Gasteiger partial charge in [0.2, 0.25) is 0 Å². The van der Waals surface area contributed by atoms with Crippen molar-refractivity contribution in [2.45, 2.75) is 38.3 Å². The average Bonchev–Trinajstić information content (AvgIpc) is 2.83. The number of benzene rings is 1. The quantitative estimate of drug-likeness (QED) is 0.508. The van der Waals surface area contributed by atoms with Crippen LogP contribution >= 0.6 is 11.6 Å². The molecular weight excluding hydrogens is 482 g/mol. The van der Waals surface area contributed by atoms with Crippen molar-refractivity contribution >= 4 is 34.7 Å². The first-order valence-corrected chi connectivity index (χ1v) is 12.7.